The number of hydrogen-bond acceptors (Lipinski definition) is 2. The van der Waals surface area contributed by atoms with Crippen LogP contribution in [-0.4, -0.2) is 20.5 Å². The van der Waals surface area contributed by atoms with Crippen LogP contribution in [-0.2, 0) is 22.3 Å². The molecule has 2 nitrogen and oxygen atoms in total. The fraction of sp³-hybridized carbons (Fsp3) is 0.364. The molecule has 0 spiro atoms. The Morgan fingerprint density at radius 1 is 0.917 bits per heavy atom. The predicted octanol–water partition coefficient (Wildman–Crippen LogP) is 5.04. The van der Waals surface area contributed by atoms with E-state index >= 15 is 0 Å². The fourth-order valence-electron chi connectivity index (χ4n) is 3.22. The van der Waals surface area contributed by atoms with Crippen LogP contribution in [0.3, 0.4) is 0 Å². The van der Waals surface area contributed by atoms with Gasteiger partial charge in [-0.3, -0.25) is 0 Å². The van der Waals surface area contributed by atoms with Crippen LogP contribution in [0.5, 0.6) is 0 Å². The monoisotopic (exact) mass is 324 g/mol. The molecule has 0 radical (unpaired) electrons. The van der Waals surface area contributed by atoms with Crippen molar-refractivity contribution in [1.82, 2.24) is 0 Å². The van der Waals surface area contributed by atoms with Crippen LogP contribution < -0.4 is 0 Å². The van der Waals surface area contributed by atoms with Crippen molar-refractivity contribution < 1.29 is 9.47 Å². The average Bonchev–Trinajstić information content (AvgIpc) is 2.62. The molecule has 0 heterocycles. The molecule has 0 aliphatic rings. The number of benzene rings is 2. The van der Waals surface area contributed by atoms with E-state index < -0.39 is 0 Å². The van der Waals surface area contributed by atoms with Crippen LogP contribution in [0.1, 0.15) is 24.0 Å². The fourth-order valence-corrected chi connectivity index (χ4v) is 3.22. The van der Waals surface area contributed by atoms with E-state index in [0.717, 1.165) is 25.7 Å². The van der Waals surface area contributed by atoms with Gasteiger partial charge in [-0.25, -0.2) is 0 Å². The lowest BCUT2D eigenvalue weighted by molar-refractivity contribution is -0.0668. The summed E-state index contributed by atoms with van der Waals surface area (Å²) in [5.74, 6) is 0. The SMILES string of the molecule is C=CCCC(COCOC)(Cc1ccccc1)Cc1ccccc1. The number of rotatable bonds is 11. The van der Waals surface area contributed by atoms with E-state index in [0.29, 0.717) is 13.4 Å². The first-order chi connectivity index (χ1) is 11.8. The summed E-state index contributed by atoms with van der Waals surface area (Å²) in [6.07, 6.45) is 6.00. The van der Waals surface area contributed by atoms with Gasteiger partial charge in [-0.05, 0) is 36.8 Å². The van der Waals surface area contributed by atoms with E-state index in [9.17, 15) is 0 Å². The number of allylic oxidation sites excluding steroid dienone is 1. The highest BCUT2D eigenvalue weighted by atomic mass is 16.7. The average molecular weight is 324 g/mol. The third kappa shape index (κ3) is 5.95. The summed E-state index contributed by atoms with van der Waals surface area (Å²) < 4.78 is 10.9. The number of ether oxygens (including phenoxy) is 2. The highest BCUT2D eigenvalue weighted by Gasteiger charge is 2.30. The number of methoxy groups -OCH3 is 1. The normalized spacial score (nSPS) is 11.4. The Labute approximate surface area is 146 Å². The molecule has 0 aromatic heterocycles. The van der Waals surface area contributed by atoms with E-state index in [1.807, 2.05) is 6.08 Å². The van der Waals surface area contributed by atoms with Crippen molar-refractivity contribution in [1.29, 1.82) is 0 Å². The summed E-state index contributed by atoms with van der Waals surface area (Å²) in [6.45, 7) is 4.92. The molecule has 2 aromatic carbocycles. The van der Waals surface area contributed by atoms with Crippen LogP contribution in [0.4, 0.5) is 0 Å². The Kier molecular flexibility index (Phi) is 7.73. The lowest BCUT2D eigenvalue weighted by Crippen LogP contribution is -2.32. The van der Waals surface area contributed by atoms with Gasteiger partial charge in [0.1, 0.15) is 6.79 Å². The van der Waals surface area contributed by atoms with Gasteiger partial charge in [0, 0.05) is 12.5 Å². The lowest BCUT2D eigenvalue weighted by Gasteiger charge is -2.34. The Morgan fingerprint density at radius 2 is 1.46 bits per heavy atom. The molecule has 0 aliphatic carbocycles. The minimum atomic E-state index is 0.0371. The van der Waals surface area contributed by atoms with E-state index in [4.69, 9.17) is 9.47 Å². The molecule has 0 saturated carbocycles. The van der Waals surface area contributed by atoms with Crippen LogP contribution >= 0.6 is 0 Å². The van der Waals surface area contributed by atoms with Crippen LogP contribution in [0.2, 0.25) is 0 Å². The smallest absolute Gasteiger partial charge is 0.146 e. The number of hydrogen-bond donors (Lipinski definition) is 0. The standard InChI is InChI=1S/C22H28O2/c1-3-4-15-22(18-24-19-23-2,16-20-11-7-5-8-12-20)17-21-13-9-6-10-14-21/h3,5-14H,1,4,15-19H2,2H3. The molecule has 2 heteroatoms. The van der Waals surface area contributed by atoms with Crippen molar-refractivity contribution >= 4 is 0 Å². The second-order valence-electron chi connectivity index (χ2n) is 6.41. The maximum atomic E-state index is 5.83. The van der Waals surface area contributed by atoms with E-state index in [1.165, 1.54) is 11.1 Å². The topological polar surface area (TPSA) is 18.5 Å². The van der Waals surface area contributed by atoms with Gasteiger partial charge in [-0.15, -0.1) is 6.58 Å². The van der Waals surface area contributed by atoms with Crippen molar-refractivity contribution in [2.24, 2.45) is 5.41 Å². The van der Waals surface area contributed by atoms with E-state index in [-0.39, 0.29) is 5.41 Å². The largest absolute Gasteiger partial charge is 0.359 e. The molecule has 128 valence electrons. The molecular formula is C22H28O2. The molecule has 0 unspecified atom stereocenters. The van der Waals surface area contributed by atoms with Gasteiger partial charge >= 0.3 is 0 Å². The zero-order valence-corrected chi connectivity index (χ0v) is 14.6. The maximum Gasteiger partial charge on any atom is 0.146 e. The quantitative estimate of drug-likeness (QED) is 0.327. The molecule has 0 atom stereocenters. The molecule has 0 bridgehead atoms. The third-order valence-corrected chi connectivity index (χ3v) is 4.33. The van der Waals surface area contributed by atoms with Crippen molar-refractivity contribution in [2.75, 3.05) is 20.5 Å². The van der Waals surface area contributed by atoms with Crippen molar-refractivity contribution in [3.05, 3.63) is 84.4 Å². The third-order valence-electron chi connectivity index (χ3n) is 4.33. The molecule has 0 saturated heterocycles. The van der Waals surface area contributed by atoms with Gasteiger partial charge in [0.25, 0.3) is 0 Å². The Hall–Kier alpha value is -1.90. The summed E-state index contributed by atoms with van der Waals surface area (Å²) in [5, 5.41) is 0. The summed E-state index contributed by atoms with van der Waals surface area (Å²) >= 11 is 0. The second-order valence-corrected chi connectivity index (χ2v) is 6.41. The van der Waals surface area contributed by atoms with Gasteiger partial charge in [-0.1, -0.05) is 66.7 Å². The van der Waals surface area contributed by atoms with E-state index in [1.54, 1.807) is 7.11 Å². The summed E-state index contributed by atoms with van der Waals surface area (Å²) in [5.41, 5.74) is 2.73. The van der Waals surface area contributed by atoms with Gasteiger partial charge < -0.3 is 9.47 Å². The maximum absolute atomic E-state index is 5.83. The van der Waals surface area contributed by atoms with Crippen molar-refractivity contribution in [3.8, 4) is 0 Å². The van der Waals surface area contributed by atoms with E-state index in [2.05, 4.69) is 67.2 Å². The Morgan fingerprint density at radius 3 is 1.92 bits per heavy atom. The Balaban J connectivity index is 2.24. The highest BCUT2D eigenvalue weighted by Crippen LogP contribution is 2.34. The molecular weight excluding hydrogens is 296 g/mol. The first-order valence-electron chi connectivity index (χ1n) is 8.53. The molecule has 0 aliphatic heterocycles. The summed E-state index contributed by atoms with van der Waals surface area (Å²) in [4.78, 5) is 0. The first-order valence-corrected chi connectivity index (χ1v) is 8.53. The first kappa shape index (κ1) is 18.4. The molecule has 0 N–H and O–H groups in total. The Bertz CT molecular complexity index is 536. The molecule has 0 fully saturated rings. The molecule has 24 heavy (non-hydrogen) atoms. The summed E-state index contributed by atoms with van der Waals surface area (Å²) in [7, 11) is 1.67. The highest BCUT2D eigenvalue weighted by molar-refractivity contribution is 5.21. The van der Waals surface area contributed by atoms with Crippen LogP contribution in [0, 0.1) is 5.41 Å². The molecule has 2 rings (SSSR count). The summed E-state index contributed by atoms with van der Waals surface area (Å²) in [6, 6.07) is 21.3. The van der Waals surface area contributed by atoms with Crippen LogP contribution in [0.15, 0.2) is 73.3 Å². The van der Waals surface area contributed by atoms with Crippen LogP contribution in [0.25, 0.3) is 0 Å². The minimum absolute atomic E-state index is 0.0371. The predicted molar refractivity (Wildman–Crippen MR) is 100.0 cm³/mol. The second kappa shape index (κ2) is 10.1. The zero-order valence-electron chi connectivity index (χ0n) is 14.6. The van der Waals surface area contributed by atoms with Gasteiger partial charge in [0.15, 0.2) is 0 Å². The van der Waals surface area contributed by atoms with Crippen molar-refractivity contribution in [3.63, 3.8) is 0 Å². The van der Waals surface area contributed by atoms with Crippen molar-refractivity contribution in [2.45, 2.75) is 25.7 Å². The minimum Gasteiger partial charge on any atom is -0.359 e. The molecule has 0 amide bonds. The molecule has 2 aromatic rings. The van der Waals surface area contributed by atoms with Gasteiger partial charge in [0.2, 0.25) is 0 Å². The lowest BCUT2D eigenvalue weighted by atomic mass is 9.74. The van der Waals surface area contributed by atoms with Gasteiger partial charge in [-0.2, -0.15) is 0 Å². The zero-order chi connectivity index (χ0) is 17.1. The van der Waals surface area contributed by atoms with Gasteiger partial charge in [0.05, 0.1) is 6.61 Å².